The first-order chi connectivity index (χ1) is 14.9. The van der Waals surface area contributed by atoms with Crippen LogP contribution in [0.3, 0.4) is 0 Å². The third-order valence-corrected chi connectivity index (χ3v) is 7.66. The van der Waals surface area contributed by atoms with Gasteiger partial charge in [0.2, 0.25) is 5.91 Å². The molecule has 3 aliphatic rings. The van der Waals surface area contributed by atoms with Gasteiger partial charge in [-0.15, -0.1) is 4.40 Å². The number of methoxy groups -OCH3 is 1. The van der Waals surface area contributed by atoms with Crippen LogP contribution in [0.2, 0.25) is 0 Å². The number of nitrogens with zero attached hydrogens (tertiary/aromatic N) is 2. The number of carbonyl (C=O) groups is 1. The van der Waals surface area contributed by atoms with Gasteiger partial charge in [-0.3, -0.25) is 4.79 Å². The maximum absolute atomic E-state index is 12.8. The minimum Gasteiger partial charge on any atom is -0.497 e. The van der Waals surface area contributed by atoms with Crippen LogP contribution in [-0.2, 0) is 19.6 Å². The Bertz CT molecular complexity index is 986. The predicted octanol–water partition coefficient (Wildman–Crippen LogP) is 2.18. The standard InChI is InChI=1S/C22H29N3O5S/c1-15-20(16-5-7-18(29-2)8-6-16)31(27,28)24-21(15)25-11-9-17(10-12-25)22(26)23-14-19-4-3-13-30-19/h5-8,17,19H,3-4,9-14H2,1-2H3,(H,23,26)/t19-/m1/s1. The highest BCUT2D eigenvalue weighted by Crippen LogP contribution is 2.35. The van der Waals surface area contributed by atoms with Gasteiger partial charge in [-0.25, -0.2) is 0 Å². The molecule has 1 N–H and O–H groups in total. The van der Waals surface area contributed by atoms with E-state index in [2.05, 4.69) is 9.71 Å². The molecule has 9 heteroatoms. The lowest BCUT2D eigenvalue weighted by Gasteiger charge is -2.33. The normalized spacial score (nSPS) is 23.7. The number of nitrogens with one attached hydrogen (secondary N) is 1. The van der Waals surface area contributed by atoms with Gasteiger partial charge < -0.3 is 19.7 Å². The fraction of sp³-hybridized carbons (Fsp3) is 0.545. The van der Waals surface area contributed by atoms with Crippen LogP contribution >= 0.6 is 0 Å². The minimum absolute atomic E-state index is 0.0577. The largest absolute Gasteiger partial charge is 0.497 e. The SMILES string of the molecule is COc1ccc(C2=C(C)C(N3CCC(C(=O)NC[C@H]4CCCO4)CC3)=NS2(=O)=O)cc1. The number of rotatable bonds is 5. The molecule has 1 atom stereocenters. The van der Waals surface area contributed by atoms with Crippen molar-refractivity contribution in [2.75, 3.05) is 33.4 Å². The Balaban J connectivity index is 1.40. The molecule has 1 amide bonds. The average Bonchev–Trinajstić information content (AvgIpc) is 3.38. The summed E-state index contributed by atoms with van der Waals surface area (Å²) in [7, 11) is -2.19. The van der Waals surface area contributed by atoms with Crippen LogP contribution in [0.25, 0.3) is 4.91 Å². The summed E-state index contributed by atoms with van der Waals surface area (Å²) in [4.78, 5) is 14.7. The third-order valence-electron chi connectivity index (χ3n) is 6.19. The zero-order chi connectivity index (χ0) is 22.0. The summed E-state index contributed by atoms with van der Waals surface area (Å²) >= 11 is 0. The molecule has 0 aromatic heterocycles. The summed E-state index contributed by atoms with van der Waals surface area (Å²) in [6.07, 6.45) is 3.51. The van der Waals surface area contributed by atoms with Crippen LogP contribution in [0.4, 0.5) is 0 Å². The van der Waals surface area contributed by atoms with Crippen molar-refractivity contribution in [3.05, 3.63) is 35.4 Å². The molecule has 31 heavy (non-hydrogen) atoms. The molecule has 0 spiro atoms. The van der Waals surface area contributed by atoms with E-state index in [4.69, 9.17) is 9.47 Å². The molecular weight excluding hydrogens is 418 g/mol. The third kappa shape index (κ3) is 4.62. The number of amidine groups is 1. The molecule has 8 nitrogen and oxygen atoms in total. The highest BCUT2D eigenvalue weighted by Gasteiger charge is 2.35. The first kappa shape index (κ1) is 21.8. The summed E-state index contributed by atoms with van der Waals surface area (Å²) in [5.74, 6) is 1.14. The van der Waals surface area contributed by atoms with E-state index in [1.165, 1.54) is 0 Å². The van der Waals surface area contributed by atoms with E-state index in [1.54, 1.807) is 38.3 Å². The number of ether oxygens (including phenoxy) is 2. The topological polar surface area (TPSA) is 97.3 Å². The first-order valence-corrected chi connectivity index (χ1v) is 12.2. The Morgan fingerprint density at radius 3 is 2.55 bits per heavy atom. The van der Waals surface area contributed by atoms with E-state index in [9.17, 15) is 13.2 Å². The van der Waals surface area contributed by atoms with Gasteiger partial charge in [0.05, 0.1) is 13.2 Å². The van der Waals surface area contributed by atoms with Crippen LogP contribution in [0.15, 0.2) is 34.2 Å². The van der Waals surface area contributed by atoms with Crippen LogP contribution < -0.4 is 10.1 Å². The van der Waals surface area contributed by atoms with Crippen molar-refractivity contribution in [3.63, 3.8) is 0 Å². The molecule has 168 valence electrons. The van der Waals surface area contributed by atoms with Crippen LogP contribution in [-0.4, -0.2) is 64.5 Å². The second kappa shape index (κ2) is 9.00. The zero-order valence-corrected chi connectivity index (χ0v) is 18.8. The smallest absolute Gasteiger partial charge is 0.285 e. The fourth-order valence-corrected chi connectivity index (χ4v) is 5.93. The fourth-order valence-electron chi connectivity index (χ4n) is 4.44. The molecule has 0 unspecified atom stereocenters. The number of hydrogen-bond acceptors (Lipinski definition) is 6. The van der Waals surface area contributed by atoms with Crippen molar-refractivity contribution in [1.82, 2.24) is 10.2 Å². The van der Waals surface area contributed by atoms with Gasteiger partial charge in [-0.2, -0.15) is 8.42 Å². The Labute approximate surface area is 183 Å². The van der Waals surface area contributed by atoms with Gasteiger partial charge in [-0.1, -0.05) is 0 Å². The van der Waals surface area contributed by atoms with Crippen LogP contribution in [0.5, 0.6) is 5.75 Å². The molecular formula is C22H29N3O5S. The molecule has 0 aliphatic carbocycles. The van der Waals surface area contributed by atoms with Crippen molar-refractivity contribution in [2.24, 2.45) is 10.3 Å². The van der Waals surface area contributed by atoms with E-state index in [1.807, 2.05) is 4.90 Å². The highest BCUT2D eigenvalue weighted by atomic mass is 32.2. The summed E-state index contributed by atoms with van der Waals surface area (Å²) < 4.78 is 40.4. The Kier molecular flexibility index (Phi) is 6.34. The number of hydrogen-bond donors (Lipinski definition) is 1. The number of piperidine rings is 1. The van der Waals surface area contributed by atoms with E-state index in [-0.39, 0.29) is 22.8 Å². The van der Waals surface area contributed by atoms with E-state index in [0.29, 0.717) is 55.2 Å². The van der Waals surface area contributed by atoms with Gasteiger partial charge in [0.25, 0.3) is 10.0 Å². The Morgan fingerprint density at radius 2 is 1.94 bits per heavy atom. The quantitative estimate of drug-likeness (QED) is 0.743. The van der Waals surface area contributed by atoms with E-state index < -0.39 is 10.0 Å². The lowest BCUT2D eigenvalue weighted by molar-refractivity contribution is -0.126. The van der Waals surface area contributed by atoms with E-state index >= 15 is 0 Å². The molecule has 0 saturated carbocycles. The van der Waals surface area contributed by atoms with E-state index in [0.717, 1.165) is 19.4 Å². The maximum atomic E-state index is 12.8. The van der Waals surface area contributed by atoms with Gasteiger partial charge in [0, 0.05) is 37.7 Å². The lowest BCUT2D eigenvalue weighted by Crippen LogP contribution is -2.44. The lowest BCUT2D eigenvalue weighted by atomic mass is 9.95. The van der Waals surface area contributed by atoms with Gasteiger partial charge in [0.1, 0.15) is 16.5 Å². The zero-order valence-electron chi connectivity index (χ0n) is 18.0. The van der Waals surface area contributed by atoms with Crippen molar-refractivity contribution in [3.8, 4) is 5.75 Å². The van der Waals surface area contributed by atoms with Gasteiger partial charge in [-0.05, 0) is 62.4 Å². The average molecular weight is 448 g/mol. The number of likely N-dealkylation sites (tertiary alicyclic amines) is 1. The summed E-state index contributed by atoms with van der Waals surface area (Å²) in [5.41, 5.74) is 1.24. The van der Waals surface area contributed by atoms with Crippen LogP contribution in [0, 0.1) is 5.92 Å². The van der Waals surface area contributed by atoms with Gasteiger partial charge in [0.15, 0.2) is 0 Å². The summed E-state index contributed by atoms with van der Waals surface area (Å²) in [5, 5.41) is 3.01. The monoisotopic (exact) mass is 447 g/mol. The molecule has 1 aromatic carbocycles. The number of carbonyl (C=O) groups excluding carboxylic acids is 1. The first-order valence-electron chi connectivity index (χ1n) is 10.7. The van der Waals surface area contributed by atoms with Crippen LogP contribution in [0.1, 0.15) is 38.2 Å². The maximum Gasteiger partial charge on any atom is 0.285 e. The van der Waals surface area contributed by atoms with Crippen molar-refractivity contribution in [2.45, 2.75) is 38.7 Å². The Morgan fingerprint density at radius 1 is 1.23 bits per heavy atom. The van der Waals surface area contributed by atoms with Gasteiger partial charge >= 0.3 is 0 Å². The minimum atomic E-state index is -3.76. The number of sulfonamides is 1. The second-order valence-corrected chi connectivity index (χ2v) is 9.76. The summed E-state index contributed by atoms with van der Waals surface area (Å²) in [6.45, 7) is 4.33. The predicted molar refractivity (Wildman–Crippen MR) is 118 cm³/mol. The molecule has 1 aromatic rings. The molecule has 2 saturated heterocycles. The van der Waals surface area contributed by atoms with Crippen molar-refractivity contribution < 1.29 is 22.7 Å². The molecule has 3 heterocycles. The molecule has 4 rings (SSSR count). The van der Waals surface area contributed by atoms with Crippen molar-refractivity contribution in [1.29, 1.82) is 0 Å². The molecule has 3 aliphatic heterocycles. The highest BCUT2D eigenvalue weighted by molar-refractivity contribution is 8.00. The number of benzene rings is 1. The molecule has 0 radical (unpaired) electrons. The molecule has 0 bridgehead atoms. The Hall–Kier alpha value is -2.39. The number of amides is 1. The molecule has 2 fully saturated rings. The van der Waals surface area contributed by atoms with Crippen molar-refractivity contribution >= 4 is 26.7 Å². The second-order valence-electron chi connectivity index (χ2n) is 8.21. The summed E-state index contributed by atoms with van der Waals surface area (Å²) in [6, 6.07) is 6.95.